The average Bonchev–Trinajstić information content (AvgIpc) is 2.37. The number of amides is 2. The predicted molar refractivity (Wildman–Crippen MR) is 62.0 cm³/mol. The summed E-state index contributed by atoms with van der Waals surface area (Å²) in [5, 5.41) is 13.3. The fourth-order valence-electron chi connectivity index (χ4n) is 1.82. The second-order valence-electron chi connectivity index (χ2n) is 4.00. The summed E-state index contributed by atoms with van der Waals surface area (Å²) < 4.78 is 13.1. The van der Waals surface area contributed by atoms with Crippen LogP contribution in [0.1, 0.15) is 10.4 Å². The fourth-order valence-corrected chi connectivity index (χ4v) is 1.82. The molecule has 0 atom stereocenters. The Balaban J connectivity index is 2.34. The molecule has 0 bridgehead atoms. The Morgan fingerprint density at radius 1 is 1.47 bits per heavy atom. The van der Waals surface area contributed by atoms with Gasteiger partial charge in [0.1, 0.15) is 11.4 Å². The van der Waals surface area contributed by atoms with Gasteiger partial charge in [-0.3, -0.25) is 19.7 Å². The monoisotopic (exact) mass is 267 g/mol. The van der Waals surface area contributed by atoms with Gasteiger partial charge in [0.25, 0.3) is 11.6 Å². The second kappa shape index (κ2) is 5.01. The van der Waals surface area contributed by atoms with Crippen LogP contribution in [0.4, 0.5) is 10.1 Å². The van der Waals surface area contributed by atoms with E-state index in [2.05, 4.69) is 5.32 Å². The fraction of sp³-hybridized carbons (Fsp3) is 0.273. The summed E-state index contributed by atoms with van der Waals surface area (Å²) in [7, 11) is 0. The molecule has 0 saturated carbocycles. The van der Waals surface area contributed by atoms with Crippen molar-refractivity contribution in [3.05, 3.63) is 39.7 Å². The molecule has 2 amide bonds. The van der Waals surface area contributed by atoms with Crippen LogP contribution < -0.4 is 5.32 Å². The van der Waals surface area contributed by atoms with E-state index in [9.17, 15) is 24.1 Å². The number of nitro groups is 1. The van der Waals surface area contributed by atoms with Gasteiger partial charge in [0.2, 0.25) is 5.91 Å². The summed E-state index contributed by atoms with van der Waals surface area (Å²) in [4.78, 5) is 34.5. The maximum Gasteiger partial charge on any atom is 0.282 e. The largest absolute Gasteiger partial charge is 0.353 e. The topological polar surface area (TPSA) is 92.5 Å². The minimum absolute atomic E-state index is 0.188. The van der Waals surface area contributed by atoms with Crippen molar-refractivity contribution < 1.29 is 18.9 Å². The zero-order chi connectivity index (χ0) is 14.0. The lowest BCUT2D eigenvalue weighted by Crippen LogP contribution is -2.50. The lowest BCUT2D eigenvalue weighted by molar-refractivity contribution is -0.385. The summed E-state index contributed by atoms with van der Waals surface area (Å²) in [5.41, 5.74) is -0.822. The maximum absolute atomic E-state index is 13.1. The number of benzene rings is 1. The normalized spacial score (nSPS) is 15.0. The molecule has 19 heavy (non-hydrogen) atoms. The average molecular weight is 267 g/mol. The number of piperazine rings is 1. The highest BCUT2D eigenvalue weighted by Gasteiger charge is 2.28. The number of hydrogen-bond acceptors (Lipinski definition) is 4. The SMILES string of the molecule is O=C1CN(C(=O)c2cc(F)ccc2[N+](=O)[O-])CCN1. The third-order valence-electron chi connectivity index (χ3n) is 2.71. The summed E-state index contributed by atoms with van der Waals surface area (Å²) in [5.74, 6) is -1.81. The van der Waals surface area contributed by atoms with Crippen LogP contribution >= 0.6 is 0 Å². The second-order valence-corrected chi connectivity index (χ2v) is 4.00. The summed E-state index contributed by atoms with van der Waals surface area (Å²) in [6, 6.07) is 2.66. The van der Waals surface area contributed by atoms with E-state index < -0.39 is 22.3 Å². The number of halogens is 1. The zero-order valence-corrected chi connectivity index (χ0v) is 9.76. The Labute approximate surface area is 107 Å². The van der Waals surface area contributed by atoms with Gasteiger partial charge >= 0.3 is 0 Å². The Bertz CT molecular complexity index is 561. The van der Waals surface area contributed by atoms with E-state index in [0.29, 0.717) is 0 Å². The van der Waals surface area contributed by atoms with Crippen LogP contribution in [0.2, 0.25) is 0 Å². The standard InChI is InChI=1S/C11H10FN3O4/c12-7-1-2-9(15(18)19)8(5-7)11(17)14-4-3-13-10(16)6-14/h1-2,5H,3-4,6H2,(H,13,16). The molecule has 7 nitrogen and oxygen atoms in total. The first-order valence-electron chi connectivity index (χ1n) is 5.49. The van der Waals surface area contributed by atoms with Crippen LogP contribution in [-0.2, 0) is 4.79 Å². The van der Waals surface area contributed by atoms with Crippen molar-refractivity contribution in [1.82, 2.24) is 10.2 Å². The van der Waals surface area contributed by atoms with Crippen molar-refractivity contribution >= 4 is 17.5 Å². The zero-order valence-electron chi connectivity index (χ0n) is 9.76. The van der Waals surface area contributed by atoms with Gasteiger partial charge in [0, 0.05) is 19.2 Å². The van der Waals surface area contributed by atoms with Crippen LogP contribution in [0.15, 0.2) is 18.2 Å². The molecule has 8 heteroatoms. The smallest absolute Gasteiger partial charge is 0.282 e. The van der Waals surface area contributed by atoms with E-state index in [-0.39, 0.29) is 31.1 Å². The number of carbonyl (C=O) groups excluding carboxylic acids is 2. The van der Waals surface area contributed by atoms with Crippen LogP contribution in [0.25, 0.3) is 0 Å². The molecule has 0 aromatic heterocycles. The van der Waals surface area contributed by atoms with E-state index in [1.54, 1.807) is 0 Å². The van der Waals surface area contributed by atoms with Gasteiger partial charge in [-0.1, -0.05) is 0 Å². The molecule has 100 valence electrons. The van der Waals surface area contributed by atoms with Crippen molar-refractivity contribution in [1.29, 1.82) is 0 Å². The van der Waals surface area contributed by atoms with E-state index in [0.717, 1.165) is 23.1 Å². The van der Waals surface area contributed by atoms with Crippen molar-refractivity contribution in [3.63, 3.8) is 0 Å². The van der Waals surface area contributed by atoms with Gasteiger partial charge in [-0.25, -0.2) is 4.39 Å². The number of rotatable bonds is 2. The molecule has 1 heterocycles. The first kappa shape index (κ1) is 12.9. The molecule has 1 fully saturated rings. The highest BCUT2D eigenvalue weighted by molar-refractivity contribution is 6.00. The molecule has 0 radical (unpaired) electrons. The first-order valence-corrected chi connectivity index (χ1v) is 5.49. The van der Waals surface area contributed by atoms with E-state index >= 15 is 0 Å². The van der Waals surface area contributed by atoms with Gasteiger partial charge in [-0.15, -0.1) is 0 Å². The molecule has 1 N–H and O–H groups in total. The summed E-state index contributed by atoms with van der Waals surface area (Å²) >= 11 is 0. The molecule has 0 spiro atoms. The van der Waals surface area contributed by atoms with Crippen LogP contribution in [0.5, 0.6) is 0 Å². The predicted octanol–water partition coefficient (Wildman–Crippen LogP) is 0.306. The van der Waals surface area contributed by atoms with Crippen LogP contribution in [-0.4, -0.2) is 41.3 Å². The van der Waals surface area contributed by atoms with Gasteiger partial charge in [0.05, 0.1) is 11.5 Å². The van der Waals surface area contributed by atoms with Gasteiger partial charge in [-0.2, -0.15) is 0 Å². The Hall–Kier alpha value is -2.51. The molecule has 1 saturated heterocycles. The third-order valence-corrected chi connectivity index (χ3v) is 2.71. The van der Waals surface area contributed by atoms with Crippen LogP contribution in [0, 0.1) is 15.9 Å². The molecule has 0 aliphatic carbocycles. The van der Waals surface area contributed by atoms with E-state index in [1.165, 1.54) is 0 Å². The maximum atomic E-state index is 13.1. The number of hydrogen-bond donors (Lipinski definition) is 1. The van der Waals surface area contributed by atoms with Gasteiger partial charge in [-0.05, 0) is 12.1 Å². The van der Waals surface area contributed by atoms with Gasteiger partial charge in [0.15, 0.2) is 0 Å². The molecule has 0 unspecified atom stereocenters. The molecule has 2 rings (SSSR count). The molecular weight excluding hydrogens is 257 g/mol. The molecule has 1 aliphatic rings. The van der Waals surface area contributed by atoms with Crippen molar-refractivity contribution in [3.8, 4) is 0 Å². The Kier molecular flexibility index (Phi) is 3.41. The van der Waals surface area contributed by atoms with Crippen molar-refractivity contribution in [2.75, 3.05) is 19.6 Å². The van der Waals surface area contributed by atoms with E-state index in [4.69, 9.17) is 0 Å². The minimum Gasteiger partial charge on any atom is -0.353 e. The quantitative estimate of drug-likeness (QED) is 0.616. The third kappa shape index (κ3) is 2.67. The van der Waals surface area contributed by atoms with Crippen molar-refractivity contribution in [2.24, 2.45) is 0 Å². The van der Waals surface area contributed by atoms with E-state index in [1.807, 2.05) is 0 Å². The molecule has 1 aliphatic heterocycles. The number of nitrogens with zero attached hydrogens (tertiary/aromatic N) is 2. The number of carbonyl (C=O) groups is 2. The Morgan fingerprint density at radius 3 is 2.84 bits per heavy atom. The Morgan fingerprint density at radius 2 is 2.21 bits per heavy atom. The molecule has 1 aromatic carbocycles. The number of nitro benzene ring substituents is 1. The number of nitrogens with one attached hydrogen (secondary N) is 1. The highest BCUT2D eigenvalue weighted by atomic mass is 19.1. The lowest BCUT2D eigenvalue weighted by atomic mass is 10.1. The minimum atomic E-state index is -0.753. The first-order chi connectivity index (χ1) is 8.99. The summed E-state index contributed by atoms with van der Waals surface area (Å²) in [6.07, 6.45) is 0. The van der Waals surface area contributed by atoms with Crippen LogP contribution in [0.3, 0.4) is 0 Å². The molecular formula is C11H10FN3O4. The van der Waals surface area contributed by atoms with Crippen molar-refractivity contribution in [2.45, 2.75) is 0 Å². The lowest BCUT2D eigenvalue weighted by Gasteiger charge is -2.26. The summed E-state index contributed by atoms with van der Waals surface area (Å²) in [6.45, 7) is 0.318. The van der Waals surface area contributed by atoms with Gasteiger partial charge < -0.3 is 10.2 Å². The molecule has 1 aromatic rings. The highest BCUT2D eigenvalue weighted by Crippen LogP contribution is 2.21.